The quantitative estimate of drug-likeness (QED) is 0.164. The fraction of sp³-hybridized carbons (Fsp3) is 0.273. The molecule has 1 heterocycles. The van der Waals surface area contributed by atoms with Crippen LogP contribution in [0, 0.1) is 34.6 Å². The van der Waals surface area contributed by atoms with Crippen LogP contribution in [0.4, 0.5) is 5.69 Å². The summed E-state index contributed by atoms with van der Waals surface area (Å²) in [7, 11) is 0. The number of amides is 1. The summed E-state index contributed by atoms with van der Waals surface area (Å²) >= 11 is 0. The summed E-state index contributed by atoms with van der Waals surface area (Å²) in [5.74, 6) is 0.845. The molecule has 0 saturated carbocycles. The standard InChI is InChI=1S/C30H38N2O.2C7H7.Zr/c1-17(2)23-15-24(18(3)4)28(25(16-23)19(5)6)26-11-10-12-27(31-26)30(33)32-29-21(8)13-20(7)14-22(29)9;2*1-7-5-3-2-4-6-7;/h10-19H,1-9H3,(H,32,33);2*2-6H,1H2;/q;2*-1;+3/p-1. The molecule has 0 aliphatic rings. The van der Waals surface area contributed by atoms with Gasteiger partial charge in [0, 0.05) is 5.56 Å². The number of pyridine rings is 1. The summed E-state index contributed by atoms with van der Waals surface area (Å²) in [4.78, 5) is 18.0. The molecule has 1 aromatic heterocycles. The van der Waals surface area contributed by atoms with E-state index in [1.807, 2.05) is 86.6 Å². The number of nitrogens with zero attached hydrogens (tertiary/aromatic N) is 2. The Morgan fingerprint density at radius 1 is 0.625 bits per heavy atom. The molecule has 0 bridgehead atoms. The van der Waals surface area contributed by atoms with Gasteiger partial charge in [0.15, 0.2) is 0 Å². The number of carbonyl (C=O) groups excluding carboxylic acids is 1. The Hall–Kier alpha value is -3.88. The minimum atomic E-state index is -0.303. The van der Waals surface area contributed by atoms with Crippen LogP contribution in [0.2, 0.25) is 0 Å². The molecule has 247 valence electrons. The summed E-state index contributed by atoms with van der Waals surface area (Å²) in [6, 6.07) is 34.2. The van der Waals surface area contributed by atoms with Crippen LogP contribution in [-0.4, -0.2) is 10.9 Å². The van der Waals surface area contributed by atoms with E-state index in [9.17, 15) is 4.79 Å². The van der Waals surface area contributed by atoms with Crippen LogP contribution in [0.15, 0.2) is 103 Å². The van der Waals surface area contributed by atoms with Crippen molar-refractivity contribution in [3.63, 3.8) is 0 Å². The Balaban J connectivity index is 0.000000437. The molecule has 5 rings (SSSR count). The summed E-state index contributed by atoms with van der Waals surface area (Å²) in [6.45, 7) is 26.8. The zero-order chi connectivity index (χ0) is 34.7. The van der Waals surface area contributed by atoms with Gasteiger partial charge in [-0.2, -0.15) is 49.2 Å². The maximum absolute atomic E-state index is 13.1. The van der Waals surface area contributed by atoms with Crippen molar-refractivity contribution < 1.29 is 31.0 Å². The number of benzene rings is 4. The fourth-order valence-corrected chi connectivity index (χ4v) is 5.41. The third-order valence-corrected chi connectivity index (χ3v) is 7.89. The topological polar surface area (TPSA) is 44.1 Å². The molecule has 4 aromatic carbocycles. The molecule has 0 saturated heterocycles. The van der Waals surface area contributed by atoms with Crippen LogP contribution in [0.3, 0.4) is 0 Å². The van der Waals surface area contributed by atoms with Gasteiger partial charge in [-0.15, -0.1) is 30.0 Å². The molecule has 0 aliphatic carbocycles. The molecule has 48 heavy (non-hydrogen) atoms. The number of hydrogen-bond donors (Lipinski definition) is 0. The molecule has 0 spiro atoms. The zero-order valence-corrected chi connectivity index (χ0v) is 32.7. The Labute approximate surface area is 309 Å². The van der Waals surface area contributed by atoms with Crippen molar-refractivity contribution in [2.24, 2.45) is 0 Å². The van der Waals surface area contributed by atoms with Gasteiger partial charge in [0.05, 0.1) is 11.4 Å². The van der Waals surface area contributed by atoms with Gasteiger partial charge in [0.25, 0.3) is 0 Å². The van der Waals surface area contributed by atoms with Crippen molar-refractivity contribution in [1.29, 1.82) is 0 Å². The van der Waals surface area contributed by atoms with Crippen molar-refractivity contribution in [3.8, 4) is 11.3 Å². The maximum Gasteiger partial charge on any atom is 3.00 e. The second-order valence-corrected chi connectivity index (χ2v) is 13.1. The Morgan fingerprint density at radius 3 is 1.46 bits per heavy atom. The van der Waals surface area contributed by atoms with Crippen LogP contribution < -0.4 is 0 Å². The van der Waals surface area contributed by atoms with Gasteiger partial charge in [-0.1, -0.05) is 101 Å². The van der Waals surface area contributed by atoms with Crippen LogP contribution in [0.1, 0.15) is 114 Å². The predicted octanol–water partition coefficient (Wildman–Crippen LogP) is 12.6. The van der Waals surface area contributed by atoms with E-state index in [4.69, 9.17) is 4.98 Å². The van der Waals surface area contributed by atoms with E-state index in [1.165, 1.54) is 22.3 Å². The second-order valence-electron chi connectivity index (χ2n) is 13.1. The van der Waals surface area contributed by atoms with Gasteiger partial charge in [-0.25, -0.2) is 4.98 Å². The summed E-state index contributed by atoms with van der Waals surface area (Å²) in [6.07, 6.45) is 0. The number of aromatic nitrogens is 1. The first-order chi connectivity index (χ1) is 22.3. The molecule has 3 nitrogen and oxygen atoms in total. The first-order valence-corrected chi connectivity index (χ1v) is 16.5. The third-order valence-electron chi connectivity index (χ3n) is 7.89. The molecular weight excluding hydrogens is 664 g/mol. The molecule has 1 amide bonds. The van der Waals surface area contributed by atoms with E-state index in [0.29, 0.717) is 23.4 Å². The summed E-state index contributed by atoms with van der Waals surface area (Å²) in [5.41, 5.74) is 12.4. The fourth-order valence-electron chi connectivity index (χ4n) is 5.41. The average Bonchev–Trinajstić information content (AvgIpc) is 3.03. The Morgan fingerprint density at radius 2 is 1.08 bits per heavy atom. The van der Waals surface area contributed by atoms with Crippen molar-refractivity contribution in [2.45, 2.75) is 80.1 Å². The second kappa shape index (κ2) is 19.2. The van der Waals surface area contributed by atoms with E-state index < -0.39 is 0 Å². The maximum atomic E-state index is 13.1. The summed E-state index contributed by atoms with van der Waals surface area (Å²) < 4.78 is 0. The van der Waals surface area contributed by atoms with Crippen molar-refractivity contribution in [3.05, 3.63) is 172 Å². The number of rotatable bonds is 6. The van der Waals surface area contributed by atoms with Crippen LogP contribution in [0.5, 0.6) is 0 Å². The SMILES string of the molecule is Cc1cc(C)c([N-]C(=O)c2cccc(-c3c(C(C)C)cc(C(C)C)cc3C(C)C)n2)c(C)c1.[CH2-]c1ccccc1.[CH2-]c1ccccc1.[Zr+3]. The van der Waals surface area contributed by atoms with Crippen molar-refractivity contribution >= 4 is 11.6 Å². The van der Waals surface area contributed by atoms with Gasteiger partial charge in [0.1, 0.15) is 5.91 Å². The van der Waals surface area contributed by atoms with Crippen molar-refractivity contribution in [2.75, 3.05) is 0 Å². The molecule has 0 aliphatic heterocycles. The molecule has 1 radical (unpaired) electrons. The third kappa shape index (κ3) is 11.7. The van der Waals surface area contributed by atoms with E-state index in [-0.39, 0.29) is 32.1 Å². The Bertz CT molecular complexity index is 1650. The first kappa shape index (κ1) is 40.3. The molecule has 0 N–H and O–H groups in total. The molecule has 0 atom stereocenters. The monoisotopic (exact) mass is 713 g/mol. The van der Waals surface area contributed by atoms with Gasteiger partial charge >= 0.3 is 26.2 Å². The minimum absolute atomic E-state index is 0. The van der Waals surface area contributed by atoms with Gasteiger partial charge < -0.3 is 10.1 Å². The van der Waals surface area contributed by atoms with Crippen LogP contribution in [0.25, 0.3) is 16.6 Å². The van der Waals surface area contributed by atoms with Crippen LogP contribution in [-0.2, 0) is 26.2 Å². The number of aryl methyl sites for hydroxylation is 3. The van der Waals surface area contributed by atoms with Gasteiger partial charge in [-0.3, -0.25) is 0 Å². The molecule has 0 unspecified atom stereocenters. The molecule has 0 fully saturated rings. The van der Waals surface area contributed by atoms with Gasteiger partial charge in [0.2, 0.25) is 0 Å². The average molecular weight is 715 g/mol. The largest absolute Gasteiger partial charge is 3.00 e. The number of carbonyl (C=O) groups is 1. The molecule has 5 aromatic rings. The predicted molar refractivity (Wildman–Crippen MR) is 202 cm³/mol. The van der Waals surface area contributed by atoms with E-state index >= 15 is 0 Å². The van der Waals surface area contributed by atoms with Crippen LogP contribution >= 0.6 is 0 Å². The van der Waals surface area contributed by atoms with Crippen molar-refractivity contribution in [1.82, 2.24) is 4.98 Å². The van der Waals surface area contributed by atoms with Gasteiger partial charge in [-0.05, 0) is 67.3 Å². The van der Waals surface area contributed by atoms with E-state index in [2.05, 4.69) is 91.9 Å². The first-order valence-electron chi connectivity index (χ1n) is 16.5. The zero-order valence-electron chi connectivity index (χ0n) is 30.3. The number of hydrogen-bond acceptors (Lipinski definition) is 2. The Kier molecular flexibility index (Phi) is 16.1. The normalized spacial score (nSPS) is 10.4. The summed E-state index contributed by atoms with van der Waals surface area (Å²) in [5, 5.41) is 4.46. The minimum Gasteiger partial charge on any atom is -0.621 e. The molecular formula is C44H51N2OZr. The van der Waals surface area contributed by atoms with E-state index in [1.54, 1.807) is 6.07 Å². The molecule has 4 heteroatoms. The smallest absolute Gasteiger partial charge is 0.621 e. The van der Waals surface area contributed by atoms with E-state index in [0.717, 1.165) is 39.2 Å².